The maximum Gasteiger partial charge on any atom is 0.252 e. The first-order chi connectivity index (χ1) is 10.5. The second kappa shape index (κ2) is 8.00. The highest BCUT2D eigenvalue weighted by Crippen LogP contribution is 2.17. The molecule has 2 rings (SSSR count). The normalized spacial score (nSPS) is 20.4. The van der Waals surface area contributed by atoms with Crippen LogP contribution in [0.5, 0.6) is 0 Å². The molecular weight excluding hydrogens is 310 g/mol. The molecule has 0 radical (unpaired) electrons. The van der Waals surface area contributed by atoms with E-state index in [1.165, 1.54) is 4.31 Å². The smallest absolute Gasteiger partial charge is 0.252 e. The molecule has 22 heavy (non-hydrogen) atoms. The Bertz CT molecular complexity index is 560. The van der Waals surface area contributed by atoms with E-state index < -0.39 is 10.0 Å². The van der Waals surface area contributed by atoms with E-state index in [4.69, 9.17) is 14.0 Å². The standard InChI is InChI=1S/C13H23N3O5S/c1-3-22(17,18)16-7-4-5-11(9-16)20-8-6-12-14-13(10-19-2)21-15-12/h11H,3-10H2,1-2H3. The van der Waals surface area contributed by atoms with Crippen LogP contribution in [0.25, 0.3) is 0 Å². The zero-order valence-corrected chi connectivity index (χ0v) is 13.8. The highest BCUT2D eigenvalue weighted by atomic mass is 32.2. The summed E-state index contributed by atoms with van der Waals surface area (Å²) in [5, 5.41) is 3.83. The van der Waals surface area contributed by atoms with Gasteiger partial charge in [-0.15, -0.1) is 0 Å². The van der Waals surface area contributed by atoms with Crippen molar-refractivity contribution in [2.24, 2.45) is 0 Å². The number of nitrogens with zero attached hydrogens (tertiary/aromatic N) is 3. The SMILES string of the molecule is CCS(=O)(=O)N1CCCC(OCCc2noc(COC)n2)C1. The lowest BCUT2D eigenvalue weighted by molar-refractivity contribution is 0.0199. The molecule has 126 valence electrons. The fraction of sp³-hybridized carbons (Fsp3) is 0.846. The van der Waals surface area contributed by atoms with Gasteiger partial charge in [0.05, 0.1) is 18.5 Å². The summed E-state index contributed by atoms with van der Waals surface area (Å²) in [7, 11) is -1.57. The van der Waals surface area contributed by atoms with Crippen molar-refractivity contribution in [3.05, 3.63) is 11.7 Å². The molecular formula is C13H23N3O5S. The van der Waals surface area contributed by atoms with Gasteiger partial charge in [0.2, 0.25) is 10.0 Å². The summed E-state index contributed by atoms with van der Waals surface area (Å²) in [6.07, 6.45) is 2.16. The van der Waals surface area contributed by atoms with Crippen LogP contribution in [0.15, 0.2) is 4.52 Å². The molecule has 1 unspecified atom stereocenters. The van der Waals surface area contributed by atoms with Gasteiger partial charge in [0, 0.05) is 26.6 Å². The first-order valence-corrected chi connectivity index (χ1v) is 9.06. The zero-order chi connectivity index (χ0) is 16.0. The second-order valence-corrected chi connectivity index (χ2v) is 7.44. The average Bonchev–Trinajstić information content (AvgIpc) is 2.96. The van der Waals surface area contributed by atoms with Gasteiger partial charge in [-0.2, -0.15) is 9.29 Å². The van der Waals surface area contributed by atoms with Gasteiger partial charge in [-0.05, 0) is 19.8 Å². The van der Waals surface area contributed by atoms with E-state index >= 15 is 0 Å². The van der Waals surface area contributed by atoms with Gasteiger partial charge in [-0.1, -0.05) is 5.16 Å². The molecule has 1 atom stereocenters. The minimum absolute atomic E-state index is 0.0691. The summed E-state index contributed by atoms with van der Waals surface area (Å²) in [5.41, 5.74) is 0. The van der Waals surface area contributed by atoms with Crippen LogP contribution in [-0.2, 0) is 32.5 Å². The fourth-order valence-corrected chi connectivity index (χ4v) is 3.53. The zero-order valence-electron chi connectivity index (χ0n) is 13.0. The van der Waals surface area contributed by atoms with Crippen LogP contribution in [0.1, 0.15) is 31.5 Å². The summed E-state index contributed by atoms with van der Waals surface area (Å²) in [4.78, 5) is 4.16. The molecule has 0 aromatic carbocycles. The molecule has 1 aliphatic rings. The van der Waals surface area contributed by atoms with Gasteiger partial charge < -0.3 is 14.0 Å². The molecule has 1 saturated heterocycles. The second-order valence-electron chi connectivity index (χ2n) is 5.18. The van der Waals surface area contributed by atoms with E-state index in [9.17, 15) is 8.42 Å². The number of sulfonamides is 1. The van der Waals surface area contributed by atoms with Gasteiger partial charge in [-0.25, -0.2) is 8.42 Å². The Morgan fingerprint density at radius 3 is 3.00 bits per heavy atom. The van der Waals surface area contributed by atoms with E-state index in [2.05, 4.69) is 10.1 Å². The molecule has 1 aromatic heterocycles. The molecule has 0 spiro atoms. The number of methoxy groups -OCH3 is 1. The minimum atomic E-state index is -3.13. The molecule has 0 aliphatic carbocycles. The minimum Gasteiger partial charge on any atom is -0.376 e. The summed E-state index contributed by atoms with van der Waals surface area (Å²) in [6.45, 7) is 3.41. The number of rotatable bonds is 8. The summed E-state index contributed by atoms with van der Waals surface area (Å²) in [5.74, 6) is 1.14. The topological polar surface area (TPSA) is 94.8 Å². The van der Waals surface area contributed by atoms with Crippen molar-refractivity contribution in [3.8, 4) is 0 Å². The van der Waals surface area contributed by atoms with Crippen molar-refractivity contribution in [1.29, 1.82) is 0 Å². The van der Waals surface area contributed by atoms with Gasteiger partial charge in [0.1, 0.15) is 6.61 Å². The summed E-state index contributed by atoms with van der Waals surface area (Å²) in [6, 6.07) is 0. The Balaban J connectivity index is 1.76. The fourth-order valence-electron chi connectivity index (χ4n) is 2.37. The van der Waals surface area contributed by atoms with E-state index in [1.54, 1.807) is 14.0 Å². The molecule has 1 aromatic rings. The van der Waals surface area contributed by atoms with Crippen LogP contribution in [0.4, 0.5) is 0 Å². The molecule has 1 aliphatic heterocycles. The number of ether oxygens (including phenoxy) is 2. The third kappa shape index (κ3) is 4.73. The molecule has 8 nitrogen and oxygen atoms in total. The van der Waals surface area contributed by atoms with Crippen LogP contribution >= 0.6 is 0 Å². The molecule has 0 saturated carbocycles. The van der Waals surface area contributed by atoms with Crippen LogP contribution < -0.4 is 0 Å². The molecule has 1 fully saturated rings. The predicted molar refractivity (Wildman–Crippen MR) is 78.7 cm³/mol. The maximum atomic E-state index is 11.9. The highest BCUT2D eigenvalue weighted by Gasteiger charge is 2.28. The van der Waals surface area contributed by atoms with Gasteiger partial charge in [0.25, 0.3) is 5.89 Å². The number of aromatic nitrogens is 2. The highest BCUT2D eigenvalue weighted by molar-refractivity contribution is 7.89. The number of piperidine rings is 1. The van der Waals surface area contributed by atoms with Crippen molar-refractivity contribution in [3.63, 3.8) is 0 Å². The van der Waals surface area contributed by atoms with Crippen molar-refractivity contribution in [2.45, 2.75) is 38.9 Å². The Kier molecular flexibility index (Phi) is 6.30. The Labute approximate surface area is 130 Å². The predicted octanol–water partition coefficient (Wildman–Crippen LogP) is 0.589. The van der Waals surface area contributed by atoms with E-state index in [-0.39, 0.29) is 11.9 Å². The summed E-state index contributed by atoms with van der Waals surface area (Å²) >= 11 is 0. The van der Waals surface area contributed by atoms with E-state index in [1.807, 2.05) is 0 Å². The van der Waals surface area contributed by atoms with Gasteiger partial charge in [0.15, 0.2) is 5.82 Å². The van der Waals surface area contributed by atoms with Gasteiger partial charge >= 0.3 is 0 Å². The lowest BCUT2D eigenvalue weighted by Crippen LogP contribution is -2.44. The van der Waals surface area contributed by atoms with Crippen LogP contribution in [0, 0.1) is 0 Å². The summed E-state index contributed by atoms with van der Waals surface area (Å²) < 4.78 is 41.0. The monoisotopic (exact) mass is 333 g/mol. The van der Waals surface area contributed by atoms with Crippen molar-refractivity contribution < 1.29 is 22.4 Å². The van der Waals surface area contributed by atoms with Crippen LogP contribution in [0.3, 0.4) is 0 Å². The van der Waals surface area contributed by atoms with Gasteiger partial charge in [-0.3, -0.25) is 0 Å². The third-order valence-electron chi connectivity index (χ3n) is 3.56. The molecule has 0 bridgehead atoms. The molecule has 0 N–H and O–H groups in total. The Hall–Kier alpha value is -1.03. The average molecular weight is 333 g/mol. The Morgan fingerprint density at radius 2 is 2.27 bits per heavy atom. The molecule has 2 heterocycles. The largest absolute Gasteiger partial charge is 0.376 e. The van der Waals surface area contributed by atoms with Crippen molar-refractivity contribution >= 4 is 10.0 Å². The third-order valence-corrected chi connectivity index (χ3v) is 5.40. The Morgan fingerprint density at radius 1 is 1.45 bits per heavy atom. The van der Waals surface area contributed by atoms with E-state index in [0.29, 0.717) is 44.4 Å². The first-order valence-electron chi connectivity index (χ1n) is 7.45. The van der Waals surface area contributed by atoms with Crippen LogP contribution in [-0.4, -0.2) is 61.5 Å². The van der Waals surface area contributed by atoms with E-state index in [0.717, 1.165) is 12.8 Å². The van der Waals surface area contributed by atoms with Crippen LogP contribution in [0.2, 0.25) is 0 Å². The number of hydrogen-bond donors (Lipinski definition) is 0. The molecule has 9 heteroatoms. The maximum absolute atomic E-state index is 11.9. The van der Waals surface area contributed by atoms with Crippen molar-refractivity contribution in [2.75, 3.05) is 32.6 Å². The van der Waals surface area contributed by atoms with Crippen molar-refractivity contribution in [1.82, 2.24) is 14.4 Å². The number of hydrogen-bond acceptors (Lipinski definition) is 7. The molecule has 0 amide bonds. The first kappa shape index (κ1) is 17.3. The lowest BCUT2D eigenvalue weighted by Gasteiger charge is -2.31. The lowest BCUT2D eigenvalue weighted by atomic mass is 10.1. The quantitative estimate of drug-likeness (QED) is 0.687.